The van der Waals surface area contributed by atoms with E-state index < -0.39 is 5.91 Å². The van der Waals surface area contributed by atoms with E-state index in [4.69, 9.17) is 11.6 Å². The van der Waals surface area contributed by atoms with Crippen LogP contribution in [0.3, 0.4) is 0 Å². The Kier molecular flexibility index (Phi) is 4.20. The lowest BCUT2D eigenvalue weighted by Crippen LogP contribution is -2.35. The van der Waals surface area contributed by atoms with Crippen LogP contribution in [0, 0.1) is 0 Å². The number of hydrogen-bond acceptors (Lipinski definition) is 5. The highest BCUT2D eigenvalue weighted by Gasteiger charge is 2.37. The van der Waals surface area contributed by atoms with Gasteiger partial charge in [0.1, 0.15) is 0 Å². The number of anilines is 1. The molecule has 0 saturated heterocycles. The Morgan fingerprint density at radius 2 is 1.85 bits per heavy atom. The molecule has 4 rings (SSSR count). The lowest BCUT2D eigenvalue weighted by atomic mass is 10.1. The molecule has 0 radical (unpaired) electrons. The summed E-state index contributed by atoms with van der Waals surface area (Å²) in [5, 5.41) is 3.77. The van der Waals surface area contributed by atoms with Crippen molar-refractivity contribution in [3.63, 3.8) is 0 Å². The highest BCUT2D eigenvalue weighted by molar-refractivity contribution is 7.22. The molecule has 0 atom stereocenters. The Labute approximate surface area is 163 Å². The maximum absolute atomic E-state index is 12.6. The van der Waals surface area contributed by atoms with Gasteiger partial charge in [0.05, 0.1) is 21.3 Å². The number of aromatic nitrogens is 1. The molecule has 1 aliphatic rings. The third kappa shape index (κ3) is 2.98. The van der Waals surface area contributed by atoms with Crippen molar-refractivity contribution in [1.29, 1.82) is 0 Å². The number of thiazole rings is 1. The highest BCUT2D eigenvalue weighted by atomic mass is 35.5. The molecule has 3 aromatic rings. The molecule has 1 aliphatic heterocycles. The molecule has 6 nitrogen and oxygen atoms in total. The van der Waals surface area contributed by atoms with Gasteiger partial charge >= 0.3 is 0 Å². The lowest BCUT2D eigenvalue weighted by Gasteiger charge is -2.17. The van der Waals surface area contributed by atoms with Gasteiger partial charge in [0.25, 0.3) is 17.7 Å². The second-order valence-corrected chi connectivity index (χ2v) is 7.89. The van der Waals surface area contributed by atoms with E-state index >= 15 is 0 Å². The first-order chi connectivity index (χ1) is 12.8. The van der Waals surface area contributed by atoms with E-state index in [9.17, 15) is 14.4 Å². The number of carbonyl (C=O) groups is 3. The summed E-state index contributed by atoms with van der Waals surface area (Å²) in [7, 11) is 0. The minimum Gasteiger partial charge on any atom is -0.298 e. The zero-order valence-corrected chi connectivity index (χ0v) is 16.0. The third-order valence-corrected chi connectivity index (χ3v) is 5.44. The number of fused-ring (bicyclic) bond motifs is 2. The van der Waals surface area contributed by atoms with Gasteiger partial charge in [-0.05, 0) is 50.2 Å². The molecule has 3 amide bonds. The van der Waals surface area contributed by atoms with Crippen molar-refractivity contribution >= 4 is 56.0 Å². The smallest absolute Gasteiger partial charge is 0.261 e. The molecular formula is C19H14ClN3O3S. The van der Waals surface area contributed by atoms with Crippen LogP contribution in [0.25, 0.3) is 10.2 Å². The molecule has 8 heteroatoms. The SMILES string of the molecule is CC(C)N1C(=O)c2ccc(C(=O)Nc3nc4ccc(Cl)cc4s3)cc2C1=O. The van der Waals surface area contributed by atoms with E-state index in [-0.39, 0.29) is 29.0 Å². The molecule has 0 saturated carbocycles. The van der Waals surface area contributed by atoms with Gasteiger partial charge < -0.3 is 0 Å². The first-order valence-corrected chi connectivity index (χ1v) is 9.44. The van der Waals surface area contributed by atoms with E-state index in [1.165, 1.54) is 34.4 Å². The van der Waals surface area contributed by atoms with E-state index in [0.717, 1.165) is 10.2 Å². The van der Waals surface area contributed by atoms with Gasteiger partial charge in [0.15, 0.2) is 5.13 Å². The normalized spacial score (nSPS) is 13.6. The Morgan fingerprint density at radius 3 is 2.59 bits per heavy atom. The first kappa shape index (κ1) is 17.6. The summed E-state index contributed by atoms with van der Waals surface area (Å²) in [5.74, 6) is -1.11. The molecule has 0 bridgehead atoms. The van der Waals surface area contributed by atoms with Gasteiger partial charge in [-0.2, -0.15) is 0 Å². The predicted octanol–water partition coefficient (Wildman–Crippen LogP) is 4.21. The molecule has 1 N–H and O–H groups in total. The Morgan fingerprint density at radius 1 is 1.11 bits per heavy atom. The van der Waals surface area contributed by atoms with Crippen LogP contribution in [0.1, 0.15) is 44.9 Å². The summed E-state index contributed by atoms with van der Waals surface area (Å²) in [6.07, 6.45) is 0. The van der Waals surface area contributed by atoms with Crippen molar-refractivity contribution in [2.75, 3.05) is 5.32 Å². The van der Waals surface area contributed by atoms with Gasteiger partial charge in [-0.25, -0.2) is 4.98 Å². The molecule has 0 spiro atoms. The average Bonchev–Trinajstić information content (AvgIpc) is 3.12. The van der Waals surface area contributed by atoms with Crippen molar-refractivity contribution in [1.82, 2.24) is 9.88 Å². The predicted molar refractivity (Wildman–Crippen MR) is 105 cm³/mol. The molecule has 1 aromatic heterocycles. The van der Waals surface area contributed by atoms with Crippen molar-refractivity contribution in [2.24, 2.45) is 0 Å². The molecule has 27 heavy (non-hydrogen) atoms. The molecular weight excluding hydrogens is 386 g/mol. The van der Waals surface area contributed by atoms with Crippen LogP contribution in [0.2, 0.25) is 5.02 Å². The lowest BCUT2D eigenvalue weighted by molar-refractivity contribution is 0.0609. The molecule has 2 aromatic carbocycles. The number of benzene rings is 2. The second kappa shape index (κ2) is 6.44. The molecule has 2 heterocycles. The fourth-order valence-electron chi connectivity index (χ4n) is 2.99. The number of carbonyl (C=O) groups excluding carboxylic acids is 3. The number of rotatable bonds is 3. The minimum atomic E-state index is -0.397. The highest BCUT2D eigenvalue weighted by Crippen LogP contribution is 2.29. The minimum absolute atomic E-state index is 0.246. The van der Waals surface area contributed by atoms with Crippen LogP contribution in [0.15, 0.2) is 36.4 Å². The standard InChI is InChI=1S/C19H14ClN3O3S/c1-9(2)23-17(25)12-5-3-10(7-13(12)18(23)26)16(24)22-19-21-14-6-4-11(20)8-15(14)27-19/h3-9H,1-2H3,(H,21,22,24). The number of hydrogen-bond donors (Lipinski definition) is 1. The van der Waals surface area contributed by atoms with E-state index in [0.29, 0.717) is 15.7 Å². The van der Waals surface area contributed by atoms with Crippen molar-refractivity contribution in [3.05, 3.63) is 58.1 Å². The van der Waals surface area contributed by atoms with Crippen molar-refractivity contribution < 1.29 is 14.4 Å². The largest absolute Gasteiger partial charge is 0.298 e. The molecule has 0 fully saturated rings. The summed E-state index contributed by atoms with van der Waals surface area (Å²) >= 11 is 7.28. The summed E-state index contributed by atoms with van der Waals surface area (Å²) in [5.41, 5.74) is 1.59. The quantitative estimate of drug-likeness (QED) is 0.669. The van der Waals surface area contributed by atoms with Crippen LogP contribution in [-0.2, 0) is 0 Å². The van der Waals surface area contributed by atoms with Gasteiger partial charge in [-0.3, -0.25) is 24.6 Å². The summed E-state index contributed by atoms with van der Waals surface area (Å²) in [6.45, 7) is 3.55. The number of halogens is 1. The maximum Gasteiger partial charge on any atom is 0.261 e. The second-order valence-electron chi connectivity index (χ2n) is 6.42. The first-order valence-electron chi connectivity index (χ1n) is 8.24. The van der Waals surface area contributed by atoms with Crippen LogP contribution in [-0.4, -0.2) is 33.6 Å². The Bertz CT molecular complexity index is 1120. The number of imide groups is 1. The number of nitrogens with one attached hydrogen (secondary N) is 1. The maximum atomic E-state index is 12.6. The van der Waals surface area contributed by atoms with Crippen LogP contribution < -0.4 is 5.32 Å². The summed E-state index contributed by atoms with van der Waals surface area (Å²) < 4.78 is 0.861. The fraction of sp³-hybridized carbons (Fsp3) is 0.158. The topological polar surface area (TPSA) is 79.4 Å². The molecule has 0 aliphatic carbocycles. The third-order valence-electron chi connectivity index (χ3n) is 4.27. The van der Waals surface area contributed by atoms with E-state index in [1.807, 2.05) is 0 Å². The van der Waals surface area contributed by atoms with Crippen molar-refractivity contribution in [2.45, 2.75) is 19.9 Å². The summed E-state index contributed by atoms with van der Waals surface area (Å²) in [4.78, 5) is 42.9. The summed E-state index contributed by atoms with van der Waals surface area (Å²) in [6, 6.07) is 9.56. The van der Waals surface area contributed by atoms with Gasteiger partial charge in [-0.15, -0.1) is 0 Å². The fourth-order valence-corrected chi connectivity index (χ4v) is 4.13. The van der Waals surface area contributed by atoms with Gasteiger partial charge in [0, 0.05) is 16.6 Å². The van der Waals surface area contributed by atoms with Crippen LogP contribution in [0.4, 0.5) is 5.13 Å². The van der Waals surface area contributed by atoms with E-state index in [2.05, 4.69) is 10.3 Å². The average molecular weight is 400 g/mol. The Balaban J connectivity index is 1.62. The molecule has 136 valence electrons. The van der Waals surface area contributed by atoms with Gasteiger partial charge in [-0.1, -0.05) is 22.9 Å². The zero-order chi connectivity index (χ0) is 19.3. The zero-order valence-electron chi connectivity index (χ0n) is 14.4. The number of amides is 3. The molecule has 0 unspecified atom stereocenters. The van der Waals surface area contributed by atoms with Crippen LogP contribution >= 0.6 is 22.9 Å². The Hall–Kier alpha value is -2.77. The number of nitrogens with zero attached hydrogens (tertiary/aromatic N) is 2. The van der Waals surface area contributed by atoms with Crippen molar-refractivity contribution in [3.8, 4) is 0 Å². The van der Waals surface area contributed by atoms with Gasteiger partial charge in [0.2, 0.25) is 0 Å². The van der Waals surface area contributed by atoms with Crippen LogP contribution in [0.5, 0.6) is 0 Å². The monoisotopic (exact) mass is 399 g/mol. The van der Waals surface area contributed by atoms with E-state index in [1.54, 1.807) is 32.0 Å².